The molecule has 1 aromatic carbocycles. The van der Waals surface area contributed by atoms with Crippen molar-refractivity contribution in [3.63, 3.8) is 0 Å². The first-order chi connectivity index (χ1) is 12.7. The van der Waals surface area contributed by atoms with Crippen LogP contribution in [0.5, 0.6) is 0 Å². The number of nitrogens with zero attached hydrogens (tertiary/aromatic N) is 3. The maximum atomic E-state index is 12.9. The van der Waals surface area contributed by atoms with Crippen molar-refractivity contribution in [3.05, 3.63) is 83.8 Å². The molecule has 2 N–H and O–H groups in total. The number of benzene rings is 1. The number of halogens is 1. The summed E-state index contributed by atoms with van der Waals surface area (Å²) in [5, 5.41) is 5.91. The van der Waals surface area contributed by atoms with E-state index in [9.17, 15) is 9.18 Å². The van der Waals surface area contributed by atoms with Crippen LogP contribution in [-0.4, -0.2) is 27.4 Å². The van der Waals surface area contributed by atoms with Gasteiger partial charge in [0.2, 0.25) is 0 Å². The Labute approximate surface area is 150 Å². The first kappa shape index (κ1) is 17.5. The number of amides is 1. The van der Waals surface area contributed by atoms with Crippen molar-refractivity contribution in [3.8, 4) is 0 Å². The number of carbonyl (C=O) groups excluding carboxylic acids is 1. The molecule has 26 heavy (non-hydrogen) atoms. The minimum Gasteiger partial charge on any atom is -0.370 e. The summed E-state index contributed by atoms with van der Waals surface area (Å²) in [6.45, 7) is 0.939. The first-order valence-corrected chi connectivity index (χ1v) is 8.19. The third-order valence-electron chi connectivity index (χ3n) is 3.69. The van der Waals surface area contributed by atoms with Crippen LogP contribution in [0.3, 0.4) is 0 Å². The lowest BCUT2D eigenvalue weighted by Gasteiger charge is -2.08. The number of aromatic nitrogens is 3. The summed E-state index contributed by atoms with van der Waals surface area (Å²) in [4.78, 5) is 24.5. The lowest BCUT2D eigenvalue weighted by Crippen LogP contribution is -2.24. The average Bonchev–Trinajstić information content (AvgIpc) is 2.69. The predicted octanol–water partition coefficient (Wildman–Crippen LogP) is 2.60. The van der Waals surface area contributed by atoms with Crippen molar-refractivity contribution in [2.45, 2.75) is 13.0 Å². The van der Waals surface area contributed by atoms with Gasteiger partial charge in [-0.2, -0.15) is 0 Å². The van der Waals surface area contributed by atoms with E-state index in [2.05, 4.69) is 25.6 Å². The lowest BCUT2D eigenvalue weighted by molar-refractivity contribution is 0.0945. The lowest BCUT2D eigenvalue weighted by atomic mass is 10.1. The zero-order valence-corrected chi connectivity index (χ0v) is 14.0. The van der Waals surface area contributed by atoms with E-state index in [1.165, 1.54) is 18.5 Å². The van der Waals surface area contributed by atoms with Crippen LogP contribution < -0.4 is 10.6 Å². The van der Waals surface area contributed by atoms with Crippen LogP contribution in [0.25, 0.3) is 0 Å². The molecule has 1 amide bonds. The fraction of sp³-hybridized carbons (Fsp3) is 0.158. The minimum atomic E-state index is -0.292. The Morgan fingerprint density at radius 2 is 1.88 bits per heavy atom. The molecule has 0 spiro atoms. The minimum absolute atomic E-state index is 0.251. The number of hydrogen-bond donors (Lipinski definition) is 2. The Balaban J connectivity index is 1.52. The second-order valence-corrected chi connectivity index (χ2v) is 5.60. The number of pyridine rings is 1. The summed E-state index contributed by atoms with van der Waals surface area (Å²) in [5.41, 5.74) is 2.06. The van der Waals surface area contributed by atoms with E-state index in [4.69, 9.17) is 0 Å². The third-order valence-corrected chi connectivity index (χ3v) is 3.69. The van der Waals surface area contributed by atoms with Gasteiger partial charge in [-0.25, -0.2) is 14.4 Å². The summed E-state index contributed by atoms with van der Waals surface area (Å²) < 4.78 is 12.9. The van der Waals surface area contributed by atoms with Crippen molar-refractivity contribution in [2.75, 3.05) is 11.9 Å². The molecule has 3 aromatic rings. The Hall–Kier alpha value is -3.35. The molecule has 6 nitrogen and oxygen atoms in total. The highest BCUT2D eigenvalue weighted by Gasteiger charge is 2.08. The van der Waals surface area contributed by atoms with Gasteiger partial charge in [0.1, 0.15) is 23.7 Å². The molecule has 0 bridgehead atoms. The number of nitrogens with one attached hydrogen (secondary N) is 2. The summed E-state index contributed by atoms with van der Waals surface area (Å²) in [6.07, 6.45) is 3.73. The second-order valence-electron chi connectivity index (χ2n) is 5.60. The maximum Gasteiger partial charge on any atom is 0.270 e. The van der Waals surface area contributed by atoms with Crippen LogP contribution in [-0.2, 0) is 13.0 Å². The summed E-state index contributed by atoms with van der Waals surface area (Å²) >= 11 is 0. The molecule has 0 aliphatic heterocycles. The molecule has 0 aliphatic rings. The van der Waals surface area contributed by atoms with Crippen molar-refractivity contribution in [1.29, 1.82) is 0 Å². The van der Waals surface area contributed by atoms with Gasteiger partial charge in [-0.15, -0.1) is 0 Å². The normalized spacial score (nSPS) is 10.3. The van der Waals surface area contributed by atoms with E-state index in [-0.39, 0.29) is 17.4 Å². The Morgan fingerprint density at radius 1 is 1.04 bits per heavy atom. The van der Waals surface area contributed by atoms with E-state index in [1.54, 1.807) is 24.4 Å². The van der Waals surface area contributed by atoms with E-state index in [0.29, 0.717) is 25.3 Å². The summed E-state index contributed by atoms with van der Waals surface area (Å²) in [5.74, 6) is 0.0172. The maximum absolute atomic E-state index is 12.9. The molecule has 0 aliphatic carbocycles. The van der Waals surface area contributed by atoms with Gasteiger partial charge < -0.3 is 10.6 Å². The Kier molecular flexibility index (Phi) is 5.82. The van der Waals surface area contributed by atoms with Gasteiger partial charge >= 0.3 is 0 Å². The molecular weight excluding hydrogens is 333 g/mol. The average molecular weight is 351 g/mol. The van der Waals surface area contributed by atoms with Gasteiger partial charge in [0.15, 0.2) is 0 Å². The van der Waals surface area contributed by atoms with Crippen LogP contribution >= 0.6 is 0 Å². The molecule has 0 fully saturated rings. The fourth-order valence-electron chi connectivity index (χ4n) is 2.33. The highest BCUT2D eigenvalue weighted by Crippen LogP contribution is 2.07. The molecule has 0 radical (unpaired) electrons. The van der Waals surface area contributed by atoms with Crippen LogP contribution in [0.1, 0.15) is 21.7 Å². The molecular formula is C19H18FN5O. The van der Waals surface area contributed by atoms with Gasteiger partial charge in [-0.05, 0) is 36.2 Å². The van der Waals surface area contributed by atoms with Gasteiger partial charge in [-0.3, -0.25) is 9.78 Å². The molecule has 2 aromatic heterocycles. The molecule has 3 rings (SSSR count). The van der Waals surface area contributed by atoms with Crippen LogP contribution in [0, 0.1) is 5.82 Å². The Morgan fingerprint density at radius 3 is 2.65 bits per heavy atom. The summed E-state index contributed by atoms with van der Waals surface area (Å²) in [6, 6.07) is 13.5. The predicted molar refractivity (Wildman–Crippen MR) is 96.0 cm³/mol. The zero-order valence-electron chi connectivity index (χ0n) is 14.0. The number of rotatable bonds is 7. The topological polar surface area (TPSA) is 79.8 Å². The highest BCUT2D eigenvalue weighted by molar-refractivity contribution is 5.92. The first-order valence-electron chi connectivity index (χ1n) is 8.19. The van der Waals surface area contributed by atoms with E-state index >= 15 is 0 Å². The molecule has 0 unspecified atom stereocenters. The zero-order chi connectivity index (χ0) is 18.2. The second kappa shape index (κ2) is 8.66. The molecule has 0 saturated carbocycles. The fourth-order valence-corrected chi connectivity index (χ4v) is 2.33. The van der Waals surface area contributed by atoms with Gasteiger partial charge in [-0.1, -0.05) is 18.2 Å². The SMILES string of the molecule is O=C(NCc1ccccn1)c1cc(NCCc2ccc(F)cc2)ncn1. The molecule has 2 heterocycles. The van der Waals surface area contributed by atoms with Crippen LogP contribution in [0.4, 0.5) is 10.2 Å². The number of hydrogen-bond acceptors (Lipinski definition) is 5. The quantitative estimate of drug-likeness (QED) is 0.684. The number of anilines is 1. The van der Waals surface area contributed by atoms with E-state index < -0.39 is 0 Å². The summed E-state index contributed by atoms with van der Waals surface area (Å²) in [7, 11) is 0. The highest BCUT2D eigenvalue weighted by atomic mass is 19.1. The van der Waals surface area contributed by atoms with E-state index in [1.807, 2.05) is 18.2 Å². The Bertz CT molecular complexity index is 855. The van der Waals surface area contributed by atoms with Crippen molar-refractivity contribution < 1.29 is 9.18 Å². The van der Waals surface area contributed by atoms with Crippen LogP contribution in [0.15, 0.2) is 61.1 Å². The van der Waals surface area contributed by atoms with Gasteiger partial charge in [0.25, 0.3) is 5.91 Å². The largest absolute Gasteiger partial charge is 0.370 e. The molecule has 7 heteroatoms. The smallest absolute Gasteiger partial charge is 0.270 e. The van der Waals surface area contributed by atoms with Crippen molar-refractivity contribution in [2.24, 2.45) is 0 Å². The van der Waals surface area contributed by atoms with Crippen molar-refractivity contribution in [1.82, 2.24) is 20.3 Å². The monoisotopic (exact) mass is 351 g/mol. The standard InChI is InChI=1S/C19H18FN5O/c20-15-6-4-14(5-7-15)8-10-22-18-11-17(24-13-25-18)19(26)23-12-16-3-1-2-9-21-16/h1-7,9,11,13H,8,10,12H2,(H,23,26)(H,22,24,25). The number of carbonyl (C=O) groups is 1. The third kappa shape index (κ3) is 5.07. The van der Waals surface area contributed by atoms with Crippen LogP contribution in [0.2, 0.25) is 0 Å². The van der Waals surface area contributed by atoms with Crippen molar-refractivity contribution >= 4 is 11.7 Å². The van der Waals surface area contributed by atoms with Gasteiger partial charge in [0.05, 0.1) is 12.2 Å². The molecule has 132 valence electrons. The van der Waals surface area contributed by atoms with Gasteiger partial charge in [0, 0.05) is 18.8 Å². The van der Waals surface area contributed by atoms with E-state index in [0.717, 1.165) is 11.3 Å². The molecule has 0 atom stereocenters. The molecule has 0 saturated heterocycles.